The lowest BCUT2D eigenvalue weighted by atomic mass is 9.91. The fourth-order valence-corrected chi connectivity index (χ4v) is 0.760. The summed E-state index contributed by atoms with van der Waals surface area (Å²) in [4.78, 5) is 11.5. The molecule has 0 fully saturated rings. The van der Waals surface area contributed by atoms with E-state index in [2.05, 4.69) is 20.8 Å². The summed E-state index contributed by atoms with van der Waals surface area (Å²) in [6.07, 6.45) is 0.990. The molecule has 0 rings (SSSR count). The molecule has 2 heteroatoms. The minimum atomic E-state index is -0.276. The zero-order chi connectivity index (χ0) is 11.4. The average Bonchev–Trinajstić information content (AvgIpc) is 1.93. The second kappa shape index (κ2) is 4.92. The minimum Gasteiger partial charge on any atom is -0.374 e. The van der Waals surface area contributed by atoms with Gasteiger partial charge >= 0.3 is 0 Å². The molecule has 0 aromatic heterocycles. The van der Waals surface area contributed by atoms with Crippen molar-refractivity contribution in [1.82, 2.24) is 0 Å². The molecule has 14 heavy (non-hydrogen) atoms. The Labute approximate surface area is 88.0 Å². The van der Waals surface area contributed by atoms with Crippen LogP contribution < -0.4 is 0 Å². The Morgan fingerprint density at radius 2 is 1.57 bits per heavy atom. The fraction of sp³-hybridized carbons (Fsp3) is 0.917. The van der Waals surface area contributed by atoms with Crippen molar-refractivity contribution in [1.29, 1.82) is 0 Å². The zero-order valence-corrected chi connectivity index (χ0v) is 10.4. The molecule has 0 bridgehead atoms. The van der Waals surface area contributed by atoms with Crippen molar-refractivity contribution >= 4 is 5.78 Å². The van der Waals surface area contributed by atoms with Gasteiger partial charge in [0.2, 0.25) is 0 Å². The fourth-order valence-electron chi connectivity index (χ4n) is 0.760. The van der Waals surface area contributed by atoms with Crippen LogP contribution in [0.3, 0.4) is 0 Å². The van der Waals surface area contributed by atoms with E-state index in [1.807, 2.05) is 20.8 Å². The van der Waals surface area contributed by atoms with Crippen molar-refractivity contribution in [2.75, 3.05) is 13.2 Å². The van der Waals surface area contributed by atoms with E-state index in [4.69, 9.17) is 4.74 Å². The molecular weight excluding hydrogens is 176 g/mol. The first-order valence-corrected chi connectivity index (χ1v) is 5.24. The highest BCUT2D eigenvalue weighted by Crippen LogP contribution is 2.18. The highest BCUT2D eigenvalue weighted by atomic mass is 16.5. The van der Waals surface area contributed by atoms with E-state index in [9.17, 15) is 4.79 Å². The van der Waals surface area contributed by atoms with Gasteiger partial charge in [-0.3, -0.25) is 4.79 Å². The van der Waals surface area contributed by atoms with Crippen LogP contribution in [0, 0.1) is 10.8 Å². The van der Waals surface area contributed by atoms with Crippen LogP contribution in [-0.4, -0.2) is 19.0 Å². The van der Waals surface area contributed by atoms with Gasteiger partial charge in [0.25, 0.3) is 0 Å². The summed E-state index contributed by atoms with van der Waals surface area (Å²) in [5, 5.41) is 0. The molecule has 0 aliphatic heterocycles. The van der Waals surface area contributed by atoms with Crippen LogP contribution in [0.15, 0.2) is 0 Å². The summed E-state index contributed by atoms with van der Waals surface area (Å²) >= 11 is 0. The molecule has 0 heterocycles. The molecular formula is C12H24O2. The molecule has 2 nitrogen and oxygen atoms in total. The van der Waals surface area contributed by atoms with Gasteiger partial charge in [0, 0.05) is 12.0 Å². The standard InChI is InChI=1S/C12H24O2/c1-11(2,3)7-8-14-9-10(13)12(4,5)6/h7-9H2,1-6H3. The third kappa shape index (κ3) is 7.07. The Bertz CT molecular complexity index is 181. The summed E-state index contributed by atoms with van der Waals surface area (Å²) in [5.74, 6) is 0.173. The van der Waals surface area contributed by atoms with Gasteiger partial charge in [-0.2, -0.15) is 0 Å². The lowest BCUT2D eigenvalue weighted by Crippen LogP contribution is -2.25. The number of carbonyl (C=O) groups excluding carboxylic acids is 1. The van der Waals surface area contributed by atoms with Crippen LogP contribution >= 0.6 is 0 Å². The van der Waals surface area contributed by atoms with Crippen LogP contribution in [0.4, 0.5) is 0 Å². The largest absolute Gasteiger partial charge is 0.374 e. The third-order valence-electron chi connectivity index (χ3n) is 2.07. The van der Waals surface area contributed by atoms with E-state index in [0.717, 1.165) is 6.42 Å². The van der Waals surface area contributed by atoms with E-state index in [1.54, 1.807) is 0 Å². The maximum Gasteiger partial charge on any atom is 0.163 e. The molecule has 0 spiro atoms. The Morgan fingerprint density at radius 1 is 1.07 bits per heavy atom. The van der Waals surface area contributed by atoms with Crippen molar-refractivity contribution in [3.05, 3.63) is 0 Å². The van der Waals surface area contributed by atoms with E-state index < -0.39 is 0 Å². The predicted molar refractivity (Wildman–Crippen MR) is 59.4 cm³/mol. The molecule has 0 amide bonds. The Morgan fingerprint density at radius 3 is 1.93 bits per heavy atom. The second-order valence-electron chi connectivity index (χ2n) is 6.04. The van der Waals surface area contributed by atoms with E-state index >= 15 is 0 Å². The Hall–Kier alpha value is -0.370. The number of ether oxygens (including phenoxy) is 1. The number of Topliss-reactive ketones (excluding diaryl/α,β-unsaturated/α-hetero) is 1. The molecule has 0 radical (unpaired) electrons. The van der Waals surface area contributed by atoms with Gasteiger partial charge in [-0.25, -0.2) is 0 Å². The smallest absolute Gasteiger partial charge is 0.163 e. The summed E-state index contributed by atoms with van der Waals surface area (Å²) < 4.78 is 5.35. The van der Waals surface area contributed by atoms with Gasteiger partial charge in [-0.05, 0) is 11.8 Å². The van der Waals surface area contributed by atoms with Crippen LogP contribution in [0.1, 0.15) is 48.0 Å². The molecule has 0 aliphatic rings. The number of ketones is 1. The van der Waals surface area contributed by atoms with Crippen LogP contribution in [0.25, 0.3) is 0 Å². The third-order valence-corrected chi connectivity index (χ3v) is 2.07. The monoisotopic (exact) mass is 200 g/mol. The van der Waals surface area contributed by atoms with E-state index in [0.29, 0.717) is 6.61 Å². The van der Waals surface area contributed by atoms with E-state index in [1.165, 1.54) is 0 Å². The first-order chi connectivity index (χ1) is 6.13. The lowest BCUT2D eigenvalue weighted by molar-refractivity contribution is -0.131. The second-order valence-corrected chi connectivity index (χ2v) is 6.04. The van der Waals surface area contributed by atoms with Crippen molar-refractivity contribution in [2.24, 2.45) is 10.8 Å². The minimum absolute atomic E-state index is 0.173. The quantitative estimate of drug-likeness (QED) is 0.652. The molecule has 84 valence electrons. The van der Waals surface area contributed by atoms with Gasteiger partial charge in [-0.1, -0.05) is 41.5 Å². The maximum absolute atomic E-state index is 11.5. The molecule has 0 N–H and O–H groups in total. The molecule has 0 aliphatic carbocycles. The topological polar surface area (TPSA) is 26.3 Å². The average molecular weight is 200 g/mol. The first kappa shape index (κ1) is 13.6. The van der Waals surface area contributed by atoms with Crippen LogP contribution in [0.5, 0.6) is 0 Å². The summed E-state index contributed by atoms with van der Waals surface area (Å²) in [7, 11) is 0. The highest BCUT2D eigenvalue weighted by Gasteiger charge is 2.21. The van der Waals surface area contributed by atoms with Crippen LogP contribution in [0.2, 0.25) is 0 Å². The first-order valence-electron chi connectivity index (χ1n) is 5.24. The van der Waals surface area contributed by atoms with Gasteiger partial charge in [0.1, 0.15) is 6.61 Å². The van der Waals surface area contributed by atoms with Crippen molar-refractivity contribution in [3.63, 3.8) is 0 Å². The summed E-state index contributed by atoms with van der Waals surface area (Å²) in [6.45, 7) is 13.2. The van der Waals surface area contributed by atoms with Gasteiger partial charge in [0.15, 0.2) is 5.78 Å². The van der Waals surface area contributed by atoms with E-state index in [-0.39, 0.29) is 23.2 Å². The normalized spacial score (nSPS) is 13.0. The van der Waals surface area contributed by atoms with Gasteiger partial charge in [-0.15, -0.1) is 0 Å². The van der Waals surface area contributed by atoms with Crippen molar-refractivity contribution in [2.45, 2.75) is 48.0 Å². The molecule has 0 atom stereocenters. The van der Waals surface area contributed by atoms with Gasteiger partial charge in [0.05, 0.1) is 0 Å². The van der Waals surface area contributed by atoms with Gasteiger partial charge < -0.3 is 4.74 Å². The molecule has 0 saturated heterocycles. The molecule has 0 unspecified atom stereocenters. The maximum atomic E-state index is 11.5. The molecule has 0 aromatic carbocycles. The summed E-state index contributed by atoms with van der Waals surface area (Å²) in [6, 6.07) is 0. The summed E-state index contributed by atoms with van der Waals surface area (Å²) in [5.41, 5.74) is 0.00646. The predicted octanol–water partition coefficient (Wildman–Crippen LogP) is 3.05. The Kier molecular flexibility index (Phi) is 4.79. The number of hydrogen-bond donors (Lipinski definition) is 0. The lowest BCUT2D eigenvalue weighted by Gasteiger charge is -2.19. The highest BCUT2D eigenvalue weighted by molar-refractivity contribution is 5.84. The number of hydrogen-bond acceptors (Lipinski definition) is 2. The Balaban J connectivity index is 3.62. The number of rotatable bonds is 4. The van der Waals surface area contributed by atoms with Crippen molar-refractivity contribution < 1.29 is 9.53 Å². The molecule has 0 aromatic rings. The van der Waals surface area contributed by atoms with Crippen LogP contribution in [-0.2, 0) is 9.53 Å². The zero-order valence-electron chi connectivity index (χ0n) is 10.4. The van der Waals surface area contributed by atoms with Crippen molar-refractivity contribution in [3.8, 4) is 0 Å². The number of carbonyl (C=O) groups is 1. The SMILES string of the molecule is CC(C)(C)CCOCC(=O)C(C)(C)C. The molecule has 0 saturated carbocycles.